The third-order valence-electron chi connectivity index (χ3n) is 2.29. The van der Waals surface area contributed by atoms with E-state index < -0.39 is 9.84 Å². The summed E-state index contributed by atoms with van der Waals surface area (Å²) in [4.78, 5) is 3.21. The molecule has 4 heteroatoms. The van der Waals surface area contributed by atoms with Crippen LogP contribution in [-0.4, -0.2) is 19.7 Å². The van der Waals surface area contributed by atoms with Crippen LogP contribution in [0.15, 0.2) is 29.7 Å². The van der Waals surface area contributed by atoms with Gasteiger partial charge >= 0.3 is 0 Å². The van der Waals surface area contributed by atoms with E-state index in [2.05, 4.69) is 11.1 Å². The summed E-state index contributed by atoms with van der Waals surface area (Å²) in [5.74, 6) is 0. The summed E-state index contributed by atoms with van der Waals surface area (Å²) in [7, 11) is -3.06. The molecule has 0 saturated carbocycles. The number of aromatic nitrogens is 1. The lowest BCUT2D eigenvalue weighted by atomic mass is 10.1. The SMILES string of the molecule is Cc1cc2ccc(/C=C/S(C)(=O)=O)cc2[nH]1. The van der Waals surface area contributed by atoms with Crippen molar-refractivity contribution in [3.05, 3.63) is 40.9 Å². The molecule has 1 aromatic heterocycles. The molecule has 0 atom stereocenters. The highest BCUT2D eigenvalue weighted by Crippen LogP contribution is 2.17. The molecule has 0 radical (unpaired) electrons. The van der Waals surface area contributed by atoms with Gasteiger partial charge in [0.1, 0.15) is 0 Å². The molecule has 0 bridgehead atoms. The lowest BCUT2D eigenvalue weighted by molar-refractivity contribution is 0.610. The zero-order valence-electron chi connectivity index (χ0n) is 9.19. The van der Waals surface area contributed by atoms with Crippen LogP contribution in [0.2, 0.25) is 0 Å². The van der Waals surface area contributed by atoms with Gasteiger partial charge in [-0.3, -0.25) is 0 Å². The highest BCUT2D eigenvalue weighted by molar-refractivity contribution is 7.93. The lowest BCUT2D eigenvalue weighted by Gasteiger charge is -1.94. The smallest absolute Gasteiger partial charge is 0.168 e. The van der Waals surface area contributed by atoms with E-state index in [4.69, 9.17) is 0 Å². The fourth-order valence-electron chi connectivity index (χ4n) is 1.60. The van der Waals surface area contributed by atoms with Crippen LogP contribution in [-0.2, 0) is 9.84 Å². The molecule has 3 nitrogen and oxygen atoms in total. The Morgan fingerprint density at radius 2 is 2.00 bits per heavy atom. The van der Waals surface area contributed by atoms with Crippen LogP contribution in [0.5, 0.6) is 0 Å². The van der Waals surface area contributed by atoms with Crippen LogP contribution in [0.1, 0.15) is 11.3 Å². The normalized spacial score (nSPS) is 12.6. The molecule has 0 amide bonds. The van der Waals surface area contributed by atoms with Crippen LogP contribution in [0.3, 0.4) is 0 Å². The zero-order valence-corrected chi connectivity index (χ0v) is 10.0. The molecule has 0 spiro atoms. The van der Waals surface area contributed by atoms with Crippen molar-refractivity contribution in [2.45, 2.75) is 6.92 Å². The second-order valence-electron chi connectivity index (χ2n) is 3.93. The standard InChI is InChI=1S/C12H13NO2S/c1-9-7-11-4-3-10(8-12(11)13-9)5-6-16(2,14)15/h3-8,13H,1-2H3/b6-5+. The maximum absolute atomic E-state index is 11.0. The van der Waals surface area contributed by atoms with Crippen molar-refractivity contribution < 1.29 is 8.42 Å². The van der Waals surface area contributed by atoms with E-state index in [-0.39, 0.29) is 0 Å². The number of aryl methyl sites for hydroxylation is 1. The molecule has 2 rings (SSSR count). The van der Waals surface area contributed by atoms with Crippen molar-refractivity contribution in [3.8, 4) is 0 Å². The first-order valence-corrected chi connectivity index (χ1v) is 6.87. The zero-order chi connectivity index (χ0) is 11.8. The summed E-state index contributed by atoms with van der Waals surface area (Å²) in [6.07, 6.45) is 2.78. The van der Waals surface area contributed by atoms with Gasteiger partial charge in [0.25, 0.3) is 0 Å². The molecule has 2 aromatic rings. The minimum absolute atomic E-state index is 0.875. The highest BCUT2D eigenvalue weighted by atomic mass is 32.2. The van der Waals surface area contributed by atoms with Gasteiger partial charge < -0.3 is 4.98 Å². The minimum atomic E-state index is -3.06. The summed E-state index contributed by atoms with van der Waals surface area (Å²) >= 11 is 0. The number of fused-ring (bicyclic) bond motifs is 1. The second-order valence-corrected chi connectivity index (χ2v) is 5.86. The number of hydrogen-bond donors (Lipinski definition) is 1. The Bertz CT molecular complexity index is 651. The fourth-order valence-corrected chi connectivity index (χ4v) is 2.00. The van der Waals surface area contributed by atoms with Crippen molar-refractivity contribution in [2.24, 2.45) is 0 Å². The molecule has 1 aromatic carbocycles. The Morgan fingerprint density at radius 1 is 1.25 bits per heavy atom. The number of aromatic amines is 1. The monoisotopic (exact) mass is 235 g/mol. The lowest BCUT2D eigenvalue weighted by Crippen LogP contribution is -1.87. The van der Waals surface area contributed by atoms with Crippen molar-refractivity contribution in [2.75, 3.05) is 6.26 Å². The molecule has 0 aliphatic heterocycles. The van der Waals surface area contributed by atoms with Crippen molar-refractivity contribution in [3.63, 3.8) is 0 Å². The predicted molar refractivity (Wildman–Crippen MR) is 66.9 cm³/mol. The first kappa shape index (κ1) is 11.0. The average Bonchev–Trinajstić information content (AvgIpc) is 2.52. The third-order valence-corrected chi connectivity index (χ3v) is 2.92. The van der Waals surface area contributed by atoms with Gasteiger partial charge in [-0.25, -0.2) is 8.42 Å². The van der Waals surface area contributed by atoms with E-state index >= 15 is 0 Å². The summed E-state index contributed by atoms with van der Waals surface area (Å²) in [5, 5.41) is 2.35. The van der Waals surface area contributed by atoms with Gasteiger partial charge in [0.05, 0.1) is 0 Å². The molecule has 0 aliphatic rings. The molecular formula is C12H13NO2S. The number of hydrogen-bond acceptors (Lipinski definition) is 2. The Hall–Kier alpha value is -1.55. The maximum atomic E-state index is 11.0. The molecule has 0 aliphatic carbocycles. The molecule has 16 heavy (non-hydrogen) atoms. The Labute approximate surface area is 94.7 Å². The highest BCUT2D eigenvalue weighted by Gasteiger charge is 1.98. The van der Waals surface area contributed by atoms with Gasteiger partial charge in [0.15, 0.2) is 9.84 Å². The Morgan fingerprint density at radius 3 is 2.69 bits per heavy atom. The van der Waals surface area contributed by atoms with E-state index in [9.17, 15) is 8.42 Å². The first-order chi connectivity index (χ1) is 7.44. The van der Waals surface area contributed by atoms with E-state index in [1.54, 1.807) is 6.08 Å². The molecule has 1 N–H and O–H groups in total. The van der Waals surface area contributed by atoms with E-state index in [1.165, 1.54) is 11.7 Å². The average molecular weight is 235 g/mol. The number of sulfone groups is 1. The van der Waals surface area contributed by atoms with Crippen LogP contribution in [0.4, 0.5) is 0 Å². The van der Waals surface area contributed by atoms with E-state index in [0.29, 0.717) is 0 Å². The Balaban J connectivity index is 2.43. The van der Waals surface area contributed by atoms with Gasteiger partial charge in [-0.1, -0.05) is 12.1 Å². The largest absolute Gasteiger partial charge is 0.359 e. The molecule has 0 saturated heterocycles. The first-order valence-electron chi connectivity index (χ1n) is 4.91. The topological polar surface area (TPSA) is 49.9 Å². The van der Waals surface area contributed by atoms with Crippen LogP contribution < -0.4 is 0 Å². The van der Waals surface area contributed by atoms with E-state index in [1.807, 2.05) is 25.1 Å². The van der Waals surface area contributed by atoms with Gasteiger partial charge in [-0.2, -0.15) is 0 Å². The second kappa shape index (κ2) is 3.79. The van der Waals surface area contributed by atoms with Crippen LogP contribution in [0, 0.1) is 6.92 Å². The van der Waals surface area contributed by atoms with Crippen LogP contribution in [0.25, 0.3) is 17.0 Å². The molecule has 1 heterocycles. The van der Waals surface area contributed by atoms with Gasteiger partial charge in [0, 0.05) is 22.9 Å². The number of nitrogens with one attached hydrogen (secondary N) is 1. The number of benzene rings is 1. The van der Waals surface area contributed by atoms with E-state index in [0.717, 1.165) is 22.2 Å². The van der Waals surface area contributed by atoms with Crippen molar-refractivity contribution >= 4 is 26.8 Å². The number of rotatable bonds is 2. The quantitative estimate of drug-likeness (QED) is 0.869. The number of H-pyrrole nitrogens is 1. The molecule has 0 fully saturated rings. The van der Waals surface area contributed by atoms with Crippen molar-refractivity contribution in [1.29, 1.82) is 0 Å². The van der Waals surface area contributed by atoms with Crippen LogP contribution >= 0.6 is 0 Å². The molecular weight excluding hydrogens is 222 g/mol. The Kier molecular flexibility index (Phi) is 2.59. The molecule has 0 unspecified atom stereocenters. The van der Waals surface area contributed by atoms with Gasteiger partial charge in [0.2, 0.25) is 0 Å². The summed E-state index contributed by atoms with van der Waals surface area (Å²) in [6.45, 7) is 1.99. The maximum Gasteiger partial charge on any atom is 0.168 e. The summed E-state index contributed by atoms with van der Waals surface area (Å²) < 4.78 is 22.0. The van der Waals surface area contributed by atoms with Crippen molar-refractivity contribution in [1.82, 2.24) is 4.98 Å². The summed E-state index contributed by atoms with van der Waals surface area (Å²) in [6, 6.07) is 7.86. The summed E-state index contributed by atoms with van der Waals surface area (Å²) in [5.41, 5.74) is 2.99. The van der Waals surface area contributed by atoms with Gasteiger partial charge in [-0.15, -0.1) is 0 Å². The van der Waals surface area contributed by atoms with Gasteiger partial charge in [-0.05, 0) is 36.1 Å². The third kappa shape index (κ3) is 2.52. The predicted octanol–water partition coefficient (Wildman–Crippen LogP) is 2.49. The minimum Gasteiger partial charge on any atom is -0.359 e. The molecule has 84 valence electrons. The fraction of sp³-hybridized carbons (Fsp3) is 0.167.